The van der Waals surface area contributed by atoms with Gasteiger partial charge in [0.15, 0.2) is 0 Å². The first-order valence-corrected chi connectivity index (χ1v) is 10.4. The second-order valence-electron chi connectivity index (χ2n) is 7.27. The van der Waals surface area contributed by atoms with E-state index in [-0.39, 0.29) is 12.6 Å². The molecular weight excluding hydrogens is 394 g/mol. The summed E-state index contributed by atoms with van der Waals surface area (Å²) in [4.78, 5) is 27.5. The Morgan fingerprint density at radius 3 is 2.42 bits per heavy atom. The normalized spacial score (nSPS) is 16.0. The number of hydrogen-bond donors (Lipinski definition) is 2. The van der Waals surface area contributed by atoms with Gasteiger partial charge in [-0.15, -0.1) is 0 Å². The summed E-state index contributed by atoms with van der Waals surface area (Å²) in [5, 5.41) is 5.69. The quantitative estimate of drug-likeness (QED) is 0.605. The monoisotopic (exact) mass is 423 g/mol. The molecule has 0 aromatic heterocycles. The van der Waals surface area contributed by atoms with Crippen LogP contribution in [-0.2, 0) is 16.1 Å². The molecule has 2 aromatic carbocycles. The van der Waals surface area contributed by atoms with Gasteiger partial charge in [0.1, 0.15) is 5.75 Å². The maximum atomic E-state index is 13.0. The molecule has 0 saturated carbocycles. The van der Waals surface area contributed by atoms with Crippen LogP contribution in [-0.4, -0.2) is 43.7 Å². The number of ether oxygens (including phenoxy) is 2. The number of nitrogens with one attached hydrogen (secondary N) is 2. The third kappa shape index (κ3) is 5.64. The molecule has 2 aromatic rings. The fourth-order valence-corrected chi connectivity index (χ4v) is 3.65. The molecular formula is C24H29N3O4. The van der Waals surface area contributed by atoms with E-state index in [4.69, 9.17) is 9.47 Å². The van der Waals surface area contributed by atoms with Crippen molar-refractivity contribution in [1.82, 2.24) is 15.5 Å². The highest BCUT2D eigenvalue weighted by Gasteiger charge is 2.35. The average Bonchev–Trinajstić information content (AvgIpc) is 2.74. The number of hydrogen-bond acceptors (Lipinski definition) is 5. The van der Waals surface area contributed by atoms with Gasteiger partial charge in [-0.05, 0) is 32.5 Å². The van der Waals surface area contributed by atoms with Crippen LogP contribution in [0.4, 0.5) is 4.79 Å². The van der Waals surface area contributed by atoms with Crippen molar-refractivity contribution in [3.63, 3.8) is 0 Å². The predicted octanol–water partition coefficient (Wildman–Crippen LogP) is 3.39. The molecule has 1 atom stereocenters. The molecule has 0 saturated heterocycles. The van der Waals surface area contributed by atoms with Crippen molar-refractivity contribution in [2.45, 2.75) is 26.4 Å². The second kappa shape index (κ2) is 10.6. The topological polar surface area (TPSA) is 79.9 Å². The Balaban J connectivity index is 1.98. The number of esters is 1. The number of amides is 2. The van der Waals surface area contributed by atoms with Crippen LogP contribution >= 0.6 is 0 Å². The Bertz CT molecular complexity index is 943. The fourth-order valence-electron chi connectivity index (χ4n) is 3.65. The first kappa shape index (κ1) is 22.4. The van der Waals surface area contributed by atoms with Crippen molar-refractivity contribution < 1.29 is 19.1 Å². The Hall–Kier alpha value is -3.32. The van der Waals surface area contributed by atoms with E-state index in [0.717, 1.165) is 5.56 Å². The number of carbonyl (C=O) groups excluding carboxylic acids is 2. The zero-order valence-electron chi connectivity index (χ0n) is 18.2. The van der Waals surface area contributed by atoms with Crippen LogP contribution in [0.1, 0.15) is 31.0 Å². The van der Waals surface area contributed by atoms with Crippen molar-refractivity contribution in [2.24, 2.45) is 0 Å². The number of para-hydroxylation sites is 1. The molecule has 1 aliphatic heterocycles. The van der Waals surface area contributed by atoms with E-state index in [1.807, 2.05) is 73.5 Å². The van der Waals surface area contributed by atoms with E-state index in [1.54, 1.807) is 6.92 Å². The number of carbonyl (C=O) groups is 2. The molecule has 31 heavy (non-hydrogen) atoms. The molecule has 0 radical (unpaired) electrons. The molecule has 164 valence electrons. The Labute approximate surface area is 183 Å². The average molecular weight is 424 g/mol. The fraction of sp³-hybridized carbons (Fsp3) is 0.333. The van der Waals surface area contributed by atoms with Gasteiger partial charge in [0, 0.05) is 24.4 Å². The third-order valence-corrected chi connectivity index (χ3v) is 4.90. The van der Waals surface area contributed by atoms with Gasteiger partial charge in [-0.25, -0.2) is 9.59 Å². The van der Waals surface area contributed by atoms with Crippen molar-refractivity contribution in [2.75, 3.05) is 26.8 Å². The van der Waals surface area contributed by atoms with Gasteiger partial charge >= 0.3 is 12.0 Å². The summed E-state index contributed by atoms with van der Waals surface area (Å²) in [7, 11) is 1.94. The van der Waals surface area contributed by atoms with Gasteiger partial charge in [-0.1, -0.05) is 48.5 Å². The van der Waals surface area contributed by atoms with E-state index < -0.39 is 12.0 Å². The van der Waals surface area contributed by atoms with Gasteiger partial charge in [-0.2, -0.15) is 0 Å². The minimum atomic E-state index is -0.671. The zero-order valence-corrected chi connectivity index (χ0v) is 18.2. The van der Waals surface area contributed by atoms with E-state index >= 15 is 0 Å². The van der Waals surface area contributed by atoms with Gasteiger partial charge in [0.05, 0.1) is 24.8 Å². The molecule has 0 aliphatic carbocycles. The maximum Gasteiger partial charge on any atom is 0.338 e. The summed E-state index contributed by atoms with van der Waals surface area (Å²) in [6.07, 6.45) is 0. The van der Waals surface area contributed by atoms with Crippen molar-refractivity contribution in [3.05, 3.63) is 77.0 Å². The molecule has 7 heteroatoms. The predicted molar refractivity (Wildman–Crippen MR) is 118 cm³/mol. The minimum Gasteiger partial charge on any atom is -0.494 e. The summed E-state index contributed by atoms with van der Waals surface area (Å²) in [5.41, 5.74) is 2.76. The van der Waals surface area contributed by atoms with Crippen molar-refractivity contribution >= 4 is 12.0 Å². The van der Waals surface area contributed by atoms with Crippen LogP contribution in [0.15, 0.2) is 65.9 Å². The molecule has 0 bridgehead atoms. The van der Waals surface area contributed by atoms with E-state index in [0.29, 0.717) is 42.3 Å². The molecule has 0 fully saturated rings. The largest absolute Gasteiger partial charge is 0.494 e. The third-order valence-electron chi connectivity index (χ3n) is 4.90. The lowest BCUT2D eigenvalue weighted by Gasteiger charge is -2.31. The summed E-state index contributed by atoms with van der Waals surface area (Å²) in [6, 6.07) is 16.4. The van der Waals surface area contributed by atoms with E-state index in [9.17, 15) is 9.59 Å². The van der Waals surface area contributed by atoms with Gasteiger partial charge in [0.25, 0.3) is 0 Å². The highest BCUT2D eigenvalue weighted by atomic mass is 16.5. The van der Waals surface area contributed by atoms with Crippen LogP contribution in [0.5, 0.6) is 5.75 Å². The maximum absolute atomic E-state index is 13.0. The van der Waals surface area contributed by atoms with Gasteiger partial charge in [-0.3, -0.25) is 4.90 Å². The highest BCUT2D eigenvalue weighted by Crippen LogP contribution is 2.33. The van der Waals surface area contributed by atoms with Crippen molar-refractivity contribution in [3.8, 4) is 5.75 Å². The summed E-state index contributed by atoms with van der Waals surface area (Å²) < 4.78 is 11.1. The smallest absolute Gasteiger partial charge is 0.338 e. The molecule has 1 heterocycles. The lowest BCUT2D eigenvalue weighted by molar-refractivity contribution is -0.139. The Morgan fingerprint density at radius 2 is 1.71 bits per heavy atom. The first-order valence-electron chi connectivity index (χ1n) is 10.4. The molecule has 0 unspecified atom stereocenters. The Kier molecular flexibility index (Phi) is 7.67. The summed E-state index contributed by atoms with van der Waals surface area (Å²) >= 11 is 0. The van der Waals surface area contributed by atoms with Gasteiger partial charge < -0.3 is 20.1 Å². The molecule has 1 aliphatic rings. The Morgan fingerprint density at radius 1 is 1.00 bits per heavy atom. The van der Waals surface area contributed by atoms with Crippen LogP contribution in [0.2, 0.25) is 0 Å². The van der Waals surface area contributed by atoms with Crippen LogP contribution in [0, 0.1) is 0 Å². The lowest BCUT2D eigenvalue weighted by atomic mass is 9.94. The van der Waals surface area contributed by atoms with Crippen LogP contribution < -0.4 is 15.4 Å². The first-order chi connectivity index (χ1) is 15.0. The minimum absolute atomic E-state index is 0.239. The molecule has 0 spiro atoms. The highest BCUT2D eigenvalue weighted by molar-refractivity contribution is 5.95. The molecule has 3 rings (SSSR count). The summed E-state index contributed by atoms with van der Waals surface area (Å²) in [6.45, 7) is 5.42. The van der Waals surface area contributed by atoms with E-state index in [2.05, 4.69) is 10.6 Å². The number of benzene rings is 2. The number of nitrogens with zero attached hydrogens (tertiary/aromatic N) is 1. The standard InChI is InChI=1S/C24H29N3O4/c1-4-30-20-14-10-9-13-18(20)22-21(23(28)31-5-2)19(25-24(29)26-22)16-27(3)15-17-11-7-6-8-12-17/h6-14,22H,4-5,15-16H2,1-3H3,(H2,25,26,29)/t22-/m0/s1. The lowest BCUT2D eigenvalue weighted by Crippen LogP contribution is -2.48. The van der Waals surface area contributed by atoms with Crippen LogP contribution in [0.25, 0.3) is 0 Å². The summed E-state index contributed by atoms with van der Waals surface area (Å²) in [5.74, 6) is 0.158. The number of rotatable bonds is 9. The SMILES string of the molecule is CCOC(=O)C1=C(CN(C)Cc2ccccc2)NC(=O)N[C@H]1c1ccccc1OCC. The molecule has 2 amide bonds. The van der Waals surface area contributed by atoms with Crippen LogP contribution in [0.3, 0.4) is 0 Å². The van der Waals surface area contributed by atoms with Crippen molar-refractivity contribution in [1.29, 1.82) is 0 Å². The second-order valence-corrected chi connectivity index (χ2v) is 7.27. The van der Waals surface area contributed by atoms with Gasteiger partial charge in [0.2, 0.25) is 0 Å². The van der Waals surface area contributed by atoms with E-state index in [1.165, 1.54) is 0 Å². The molecule has 7 nitrogen and oxygen atoms in total. The number of urea groups is 1. The zero-order chi connectivity index (χ0) is 22.2. The molecule has 2 N–H and O–H groups in total. The number of likely N-dealkylation sites (N-methyl/N-ethyl adjacent to an activating group) is 1.